The highest BCUT2D eigenvalue weighted by molar-refractivity contribution is 5.95. The van der Waals surface area contributed by atoms with Crippen LogP contribution < -0.4 is 0 Å². The van der Waals surface area contributed by atoms with Gasteiger partial charge in [0.05, 0.1) is 5.52 Å². The van der Waals surface area contributed by atoms with Gasteiger partial charge in [0.15, 0.2) is 11.5 Å². The van der Waals surface area contributed by atoms with Gasteiger partial charge in [0.25, 0.3) is 0 Å². The maximum absolute atomic E-state index is 13.9. The Kier molecular flexibility index (Phi) is 2.64. The molecule has 0 spiro atoms. The fourth-order valence-corrected chi connectivity index (χ4v) is 1.93. The number of hydrogen-bond donors (Lipinski definition) is 1. The molecule has 84 valence electrons. The molecule has 1 N–H and O–H groups in total. The Morgan fingerprint density at radius 2 is 2.12 bits per heavy atom. The molecule has 0 saturated carbocycles. The summed E-state index contributed by atoms with van der Waals surface area (Å²) in [5.41, 5.74) is 0.391. The monoisotopic (exact) mass is 221 g/mol. The highest BCUT2D eigenvalue weighted by Crippen LogP contribution is 2.24. The minimum atomic E-state index is -1.22. The number of nitrogens with zero attached hydrogens (tertiary/aromatic N) is 1. The van der Waals surface area contributed by atoms with Gasteiger partial charge in [-0.05, 0) is 18.6 Å². The zero-order valence-electron chi connectivity index (χ0n) is 8.90. The topological polar surface area (TPSA) is 42.2 Å². The van der Waals surface area contributed by atoms with Crippen LogP contribution in [-0.4, -0.2) is 15.6 Å². The van der Waals surface area contributed by atoms with E-state index in [-0.39, 0.29) is 5.69 Å². The normalized spacial score (nSPS) is 10.9. The highest BCUT2D eigenvalue weighted by Gasteiger charge is 2.21. The number of hydrogen-bond acceptors (Lipinski definition) is 1. The van der Waals surface area contributed by atoms with Crippen molar-refractivity contribution in [2.24, 2.45) is 0 Å². The molecule has 0 saturated heterocycles. The van der Waals surface area contributed by atoms with Crippen molar-refractivity contribution >= 4 is 16.9 Å². The van der Waals surface area contributed by atoms with Gasteiger partial charge in [0, 0.05) is 11.9 Å². The number of aryl methyl sites for hydroxylation is 1. The zero-order chi connectivity index (χ0) is 11.7. The van der Waals surface area contributed by atoms with Gasteiger partial charge in [-0.25, -0.2) is 9.18 Å². The Morgan fingerprint density at radius 1 is 1.44 bits per heavy atom. The number of rotatable bonds is 3. The molecule has 0 aliphatic carbocycles. The molecular formula is C12H12FNO2. The first-order valence-corrected chi connectivity index (χ1v) is 5.16. The van der Waals surface area contributed by atoms with E-state index in [2.05, 4.69) is 0 Å². The Bertz CT molecular complexity index is 545. The second-order valence-corrected chi connectivity index (χ2v) is 3.64. The highest BCUT2D eigenvalue weighted by atomic mass is 19.1. The zero-order valence-corrected chi connectivity index (χ0v) is 8.90. The molecule has 2 rings (SSSR count). The summed E-state index contributed by atoms with van der Waals surface area (Å²) in [7, 11) is 0. The Morgan fingerprint density at radius 3 is 2.75 bits per heavy atom. The first-order chi connectivity index (χ1) is 7.66. The van der Waals surface area contributed by atoms with Crippen molar-refractivity contribution in [3.63, 3.8) is 0 Å². The van der Waals surface area contributed by atoms with Crippen molar-refractivity contribution in [1.82, 2.24) is 4.57 Å². The van der Waals surface area contributed by atoms with Crippen LogP contribution in [0.15, 0.2) is 24.3 Å². The van der Waals surface area contributed by atoms with Crippen molar-refractivity contribution in [2.45, 2.75) is 19.9 Å². The molecule has 1 heterocycles. The molecule has 0 fully saturated rings. The number of carboxylic acid groups (broad SMARTS) is 1. The molecule has 16 heavy (non-hydrogen) atoms. The molecule has 2 aromatic rings. The van der Waals surface area contributed by atoms with Gasteiger partial charge in [0.1, 0.15) is 0 Å². The van der Waals surface area contributed by atoms with Gasteiger partial charge >= 0.3 is 5.97 Å². The molecule has 0 bridgehead atoms. The summed E-state index contributed by atoms with van der Waals surface area (Å²) in [6, 6.07) is 6.82. The summed E-state index contributed by atoms with van der Waals surface area (Å²) >= 11 is 0. The molecule has 0 aliphatic heterocycles. The number of aromatic nitrogens is 1. The van der Waals surface area contributed by atoms with Gasteiger partial charge < -0.3 is 9.67 Å². The lowest BCUT2D eigenvalue weighted by molar-refractivity contribution is 0.0680. The number of benzene rings is 1. The SMILES string of the molecule is CCCn1c(C(=O)O)c(F)c2ccccc21. The molecular weight excluding hydrogens is 209 g/mol. The van der Waals surface area contributed by atoms with Crippen molar-refractivity contribution < 1.29 is 14.3 Å². The van der Waals surface area contributed by atoms with E-state index < -0.39 is 11.8 Å². The molecule has 3 nitrogen and oxygen atoms in total. The fraction of sp³-hybridized carbons (Fsp3) is 0.250. The number of carbonyl (C=O) groups is 1. The summed E-state index contributed by atoms with van der Waals surface area (Å²) in [6.07, 6.45) is 0.762. The molecule has 1 aromatic carbocycles. The van der Waals surface area contributed by atoms with Crippen molar-refractivity contribution in [3.05, 3.63) is 35.8 Å². The van der Waals surface area contributed by atoms with Gasteiger partial charge in [-0.2, -0.15) is 0 Å². The predicted molar refractivity (Wildman–Crippen MR) is 59.1 cm³/mol. The van der Waals surface area contributed by atoms with Gasteiger partial charge in [-0.3, -0.25) is 0 Å². The third kappa shape index (κ3) is 1.46. The van der Waals surface area contributed by atoms with Gasteiger partial charge in [-0.15, -0.1) is 0 Å². The number of para-hydroxylation sites is 1. The smallest absolute Gasteiger partial charge is 0.355 e. The van der Waals surface area contributed by atoms with E-state index in [1.54, 1.807) is 24.3 Å². The molecule has 4 heteroatoms. The number of fused-ring (bicyclic) bond motifs is 1. The molecule has 0 radical (unpaired) electrons. The minimum absolute atomic E-state index is 0.247. The van der Waals surface area contributed by atoms with Crippen molar-refractivity contribution in [2.75, 3.05) is 0 Å². The van der Waals surface area contributed by atoms with Crippen LogP contribution in [0.3, 0.4) is 0 Å². The third-order valence-electron chi connectivity index (χ3n) is 2.56. The third-order valence-corrected chi connectivity index (χ3v) is 2.56. The Balaban J connectivity index is 2.80. The summed E-state index contributed by atoms with van der Waals surface area (Å²) in [5, 5.41) is 9.38. The van der Waals surface area contributed by atoms with E-state index in [1.165, 1.54) is 4.57 Å². The fourth-order valence-electron chi connectivity index (χ4n) is 1.93. The van der Waals surface area contributed by atoms with E-state index in [1.807, 2.05) is 6.92 Å². The standard InChI is InChI=1S/C12H12FNO2/c1-2-7-14-9-6-4-3-5-8(9)10(13)11(14)12(15)16/h3-6H,2,7H2,1H3,(H,15,16). The lowest BCUT2D eigenvalue weighted by atomic mass is 10.2. The van der Waals surface area contributed by atoms with Crippen LogP contribution in [0.25, 0.3) is 10.9 Å². The van der Waals surface area contributed by atoms with Crippen molar-refractivity contribution in [3.8, 4) is 0 Å². The predicted octanol–water partition coefficient (Wildman–Crippen LogP) is 2.89. The molecule has 1 aromatic heterocycles. The summed E-state index contributed by atoms with van der Waals surface area (Å²) < 4.78 is 15.4. The summed E-state index contributed by atoms with van der Waals surface area (Å²) in [4.78, 5) is 11.0. The molecule has 0 amide bonds. The lowest BCUT2D eigenvalue weighted by Crippen LogP contribution is -2.09. The summed E-state index contributed by atoms with van der Waals surface area (Å²) in [5.74, 6) is -1.86. The van der Waals surface area contributed by atoms with Gasteiger partial charge in [-0.1, -0.05) is 19.1 Å². The number of halogens is 1. The molecule has 0 atom stereocenters. The quantitative estimate of drug-likeness (QED) is 0.865. The van der Waals surface area contributed by atoms with Crippen LogP contribution in [0.2, 0.25) is 0 Å². The van der Waals surface area contributed by atoms with Crippen LogP contribution in [0.4, 0.5) is 4.39 Å². The molecule has 0 unspecified atom stereocenters. The van der Waals surface area contributed by atoms with Gasteiger partial charge in [0.2, 0.25) is 0 Å². The maximum Gasteiger partial charge on any atom is 0.355 e. The van der Waals surface area contributed by atoms with Crippen LogP contribution in [0.1, 0.15) is 23.8 Å². The first kappa shape index (κ1) is 10.7. The van der Waals surface area contributed by atoms with Crippen LogP contribution in [0, 0.1) is 5.82 Å². The first-order valence-electron chi connectivity index (χ1n) is 5.16. The minimum Gasteiger partial charge on any atom is -0.476 e. The average Bonchev–Trinajstić information content (AvgIpc) is 2.54. The maximum atomic E-state index is 13.9. The van der Waals surface area contributed by atoms with Crippen LogP contribution in [0.5, 0.6) is 0 Å². The van der Waals surface area contributed by atoms with E-state index in [9.17, 15) is 9.18 Å². The van der Waals surface area contributed by atoms with Crippen molar-refractivity contribution in [1.29, 1.82) is 0 Å². The summed E-state index contributed by atoms with van der Waals surface area (Å²) in [6.45, 7) is 2.43. The molecule has 0 aliphatic rings. The van der Waals surface area contributed by atoms with E-state index in [0.29, 0.717) is 17.4 Å². The number of carboxylic acids is 1. The van der Waals surface area contributed by atoms with E-state index in [4.69, 9.17) is 5.11 Å². The number of aromatic carboxylic acids is 1. The second kappa shape index (κ2) is 3.96. The largest absolute Gasteiger partial charge is 0.476 e. The van der Waals surface area contributed by atoms with Crippen LogP contribution in [-0.2, 0) is 6.54 Å². The lowest BCUT2D eigenvalue weighted by Gasteiger charge is -2.05. The van der Waals surface area contributed by atoms with E-state index in [0.717, 1.165) is 6.42 Å². The van der Waals surface area contributed by atoms with Crippen LogP contribution >= 0.6 is 0 Å². The Hall–Kier alpha value is -1.84. The second-order valence-electron chi connectivity index (χ2n) is 3.64. The average molecular weight is 221 g/mol. The Labute approximate surface area is 92.1 Å². The van der Waals surface area contributed by atoms with E-state index >= 15 is 0 Å².